The fraction of sp³-hybridized carbons (Fsp3) is 0.267. The minimum absolute atomic E-state index is 0.0756. The molecule has 0 aliphatic heterocycles. The SMILES string of the molecule is CN(Cc1ccc(N(C)C)cc1)C(=O)c1cccs1. The lowest BCUT2D eigenvalue weighted by atomic mass is 10.2. The third-order valence-electron chi connectivity index (χ3n) is 2.95. The largest absolute Gasteiger partial charge is 0.378 e. The quantitative estimate of drug-likeness (QED) is 0.855. The summed E-state index contributed by atoms with van der Waals surface area (Å²) in [4.78, 5) is 16.7. The number of benzene rings is 1. The molecule has 1 heterocycles. The second-order valence-electron chi connectivity index (χ2n) is 4.70. The Morgan fingerprint density at radius 2 is 1.79 bits per heavy atom. The number of amides is 1. The van der Waals surface area contributed by atoms with Crippen LogP contribution in [0.1, 0.15) is 15.2 Å². The van der Waals surface area contributed by atoms with Crippen LogP contribution in [0.5, 0.6) is 0 Å². The molecule has 0 unspecified atom stereocenters. The van der Waals surface area contributed by atoms with E-state index in [1.165, 1.54) is 11.3 Å². The molecule has 2 rings (SSSR count). The van der Waals surface area contributed by atoms with E-state index >= 15 is 0 Å². The van der Waals surface area contributed by atoms with Crippen molar-refractivity contribution < 1.29 is 4.79 Å². The fourth-order valence-electron chi connectivity index (χ4n) is 1.83. The van der Waals surface area contributed by atoms with Crippen LogP contribution in [0.15, 0.2) is 41.8 Å². The summed E-state index contributed by atoms with van der Waals surface area (Å²) in [6, 6.07) is 12.0. The van der Waals surface area contributed by atoms with Gasteiger partial charge in [-0.1, -0.05) is 18.2 Å². The van der Waals surface area contributed by atoms with Crippen molar-refractivity contribution in [3.8, 4) is 0 Å². The van der Waals surface area contributed by atoms with Gasteiger partial charge in [0.1, 0.15) is 0 Å². The molecule has 1 amide bonds. The van der Waals surface area contributed by atoms with E-state index in [9.17, 15) is 4.79 Å². The molecule has 100 valence electrons. The number of anilines is 1. The van der Waals surface area contributed by atoms with Crippen LogP contribution in [0.25, 0.3) is 0 Å². The molecule has 0 atom stereocenters. The van der Waals surface area contributed by atoms with Crippen LogP contribution in [0.2, 0.25) is 0 Å². The molecule has 2 aromatic rings. The maximum Gasteiger partial charge on any atom is 0.263 e. The Morgan fingerprint density at radius 1 is 1.11 bits per heavy atom. The van der Waals surface area contributed by atoms with Crippen molar-refractivity contribution in [1.82, 2.24) is 4.90 Å². The van der Waals surface area contributed by atoms with E-state index in [4.69, 9.17) is 0 Å². The molecule has 0 saturated heterocycles. The number of rotatable bonds is 4. The van der Waals surface area contributed by atoms with Crippen LogP contribution in [0.3, 0.4) is 0 Å². The highest BCUT2D eigenvalue weighted by Crippen LogP contribution is 2.16. The summed E-state index contributed by atoms with van der Waals surface area (Å²) in [5, 5.41) is 1.92. The van der Waals surface area contributed by atoms with Crippen molar-refractivity contribution in [3.05, 3.63) is 52.2 Å². The zero-order valence-corrected chi connectivity index (χ0v) is 12.3. The molecule has 0 bridgehead atoms. The summed E-state index contributed by atoms with van der Waals surface area (Å²) < 4.78 is 0. The van der Waals surface area contributed by atoms with Gasteiger partial charge in [-0.3, -0.25) is 4.79 Å². The van der Waals surface area contributed by atoms with Gasteiger partial charge in [0, 0.05) is 33.4 Å². The maximum atomic E-state index is 12.1. The lowest BCUT2D eigenvalue weighted by molar-refractivity contribution is 0.0790. The lowest BCUT2D eigenvalue weighted by Gasteiger charge is -2.17. The van der Waals surface area contributed by atoms with Crippen molar-refractivity contribution in [2.75, 3.05) is 26.0 Å². The van der Waals surface area contributed by atoms with Gasteiger partial charge in [0.25, 0.3) is 5.91 Å². The molecule has 19 heavy (non-hydrogen) atoms. The zero-order valence-electron chi connectivity index (χ0n) is 11.5. The smallest absolute Gasteiger partial charge is 0.263 e. The number of carbonyl (C=O) groups is 1. The van der Waals surface area contributed by atoms with Crippen LogP contribution in [0.4, 0.5) is 5.69 Å². The third-order valence-corrected chi connectivity index (χ3v) is 3.81. The normalized spacial score (nSPS) is 10.3. The Morgan fingerprint density at radius 3 is 2.32 bits per heavy atom. The molecular formula is C15H18N2OS. The van der Waals surface area contributed by atoms with E-state index in [0.717, 1.165) is 16.1 Å². The van der Waals surface area contributed by atoms with E-state index in [2.05, 4.69) is 29.2 Å². The van der Waals surface area contributed by atoms with Gasteiger partial charge in [-0.15, -0.1) is 11.3 Å². The fourth-order valence-corrected chi connectivity index (χ4v) is 2.55. The van der Waals surface area contributed by atoms with Crippen molar-refractivity contribution in [1.29, 1.82) is 0 Å². The number of thiophene rings is 1. The molecule has 0 aliphatic carbocycles. The number of nitrogens with zero attached hydrogens (tertiary/aromatic N) is 2. The molecule has 3 nitrogen and oxygen atoms in total. The first-order valence-corrected chi connectivity index (χ1v) is 7.01. The predicted octanol–water partition coefficient (Wildman–Crippen LogP) is 3.09. The molecule has 1 aromatic carbocycles. The van der Waals surface area contributed by atoms with Crippen LogP contribution in [-0.4, -0.2) is 32.0 Å². The summed E-state index contributed by atoms with van der Waals surface area (Å²) in [5.41, 5.74) is 2.30. The Balaban J connectivity index is 2.02. The van der Waals surface area contributed by atoms with E-state index in [-0.39, 0.29) is 5.91 Å². The Kier molecular flexibility index (Phi) is 4.22. The van der Waals surface area contributed by atoms with Gasteiger partial charge in [-0.25, -0.2) is 0 Å². The average molecular weight is 274 g/mol. The molecule has 0 saturated carbocycles. The monoisotopic (exact) mass is 274 g/mol. The first-order valence-electron chi connectivity index (χ1n) is 6.13. The standard InChI is InChI=1S/C15H18N2OS/c1-16(2)13-8-6-12(7-9-13)11-17(3)15(18)14-5-4-10-19-14/h4-10H,11H2,1-3H3. The van der Waals surface area contributed by atoms with E-state index < -0.39 is 0 Å². The van der Waals surface area contributed by atoms with Gasteiger partial charge < -0.3 is 9.80 Å². The number of hydrogen-bond donors (Lipinski definition) is 0. The summed E-state index contributed by atoms with van der Waals surface area (Å²) in [7, 11) is 5.87. The summed E-state index contributed by atoms with van der Waals surface area (Å²) in [6.07, 6.45) is 0. The van der Waals surface area contributed by atoms with Crippen LogP contribution in [-0.2, 0) is 6.54 Å². The third kappa shape index (κ3) is 3.35. The highest BCUT2D eigenvalue weighted by Gasteiger charge is 2.12. The Hall–Kier alpha value is -1.81. The Bertz CT molecular complexity index is 532. The molecule has 0 spiro atoms. The maximum absolute atomic E-state index is 12.1. The van der Waals surface area contributed by atoms with Crippen LogP contribution >= 0.6 is 11.3 Å². The molecule has 1 aromatic heterocycles. The topological polar surface area (TPSA) is 23.6 Å². The zero-order chi connectivity index (χ0) is 13.8. The molecule has 0 aliphatic rings. The second kappa shape index (κ2) is 5.89. The molecule has 0 N–H and O–H groups in total. The highest BCUT2D eigenvalue weighted by atomic mass is 32.1. The van der Waals surface area contributed by atoms with Gasteiger partial charge in [0.2, 0.25) is 0 Å². The average Bonchev–Trinajstić information content (AvgIpc) is 2.92. The highest BCUT2D eigenvalue weighted by molar-refractivity contribution is 7.12. The second-order valence-corrected chi connectivity index (χ2v) is 5.65. The van der Waals surface area contributed by atoms with Crippen LogP contribution < -0.4 is 4.90 Å². The number of hydrogen-bond acceptors (Lipinski definition) is 3. The Labute approximate surface area is 118 Å². The number of carbonyl (C=O) groups excluding carboxylic acids is 1. The molecule has 0 fully saturated rings. The van der Waals surface area contributed by atoms with Crippen molar-refractivity contribution in [2.24, 2.45) is 0 Å². The van der Waals surface area contributed by atoms with Crippen LogP contribution in [0, 0.1) is 0 Å². The van der Waals surface area contributed by atoms with Gasteiger partial charge >= 0.3 is 0 Å². The van der Waals surface area contributed by atoms with Gasteiger partial charge in [-0.05, 0) is 29.1 Å². The molecule has 4 heteroatoms. The summed E-state index contributed by atoms with van der Waals surface area (Å²) in [5.74, 6) is 0.0756. The van der Waals surface area contributed by atoms with Gasteiger partial charge in [-0.2, -0.15) is 0 Å². The van der Waals surface area contributed by atoms with Gasteiger partial charge in [0.15, 0.2) is 0 Å². The minimum atomic E-state index is 0.0756. The predicted molar refractivity (Wildman–Crippen MR) is 80.9 cm³/mol. The lowest BCUT2D eigenvalue weighted by Crippen LogP contribution is -2.25. The molecule has 0 radical (unpaired) electrons. The van der Waals surface area contributed by atoms with Crippen molar-refractivity contribution >= 4 is 22.9 Å². The minimum Gasteiger partial charge on any atom is -0.378 e. The van der Waals surface area contributed by atoms with Crippen molar-refractivity contribution in [2.45, 2.75) is 6.54 Å². The summed E-state index contributed by atoms with van der Waals surface area (Å²) >= 11 is 1.48. The summed E-state index contributed by atoms with van der Waals surface area (Å²) in [6.45, 7) is 0.629. The molecular weight excluding hydrogens is 256 g/mol. The van der Waals surface area contributed by atoms with E-state index in [0.29, 0.717) is 6.54 Å². The van der Waals surface area contributed by atoms with E-state index in [1.807, 2.05) is 38.7 Å². The van der Waals surface area contributed by atoms with Crippen molar-refractivity contribution in [3.63, 3.8) is 0 Å². The van der Waals surface area contributed by atoms with Gasteiger partial charge in [0.05, 0.1) is 4.88 Å². The van der Waals surface area contributed by atoms with E-state index in [1.54, 1.807) is 4.90 Å². The first kappa shape index (κ1) is 13.6. The first-order chi connectivity index (χ1) is 9.08.